The Morgan fingerprint density at radius 3 is 2.78 bits per heavy atom. The number of nitrogens with zero attached hydrogens (tertiary/aromatic N) is 2. The zero-order valence-electron chi connectivity index (χ0n) is 10.9. The van der Waals surface area contributed by atoms with Gasteiger partial charge in [-0.15, -0.1) is 0 Å². The lowest BCUT2D eigenvalue weighted by Crippen LogP contribution is -2.35. The maximum Gasteiger partial charge on any atom is 0.227 e. The molecule has 1 amide bonds. The molecule has 0 saturated carbocycles. The molecule has 0 spiro atoms. The molecule has 0 radical (unpaired) electrons. The Morgan fingerprint density at radius 2 is 2.17 bits per heavy atom. The van der Waals surface area contributed by atoms with Gasteiger partial charge in [-0.1, -0.05) is 18.2 Å². The number of halogens is 1. The fraction of sp³-hybridized carbons (Fsp3) is 0.500. The standard InChI is InChI=1S/C14H19FN2O/c1-16(2)12-7-8-17(10-12)14(18)9-11-5-3-4-6-13(11)15/h3-6,12H,7-10H2,1-2H3. The summed E-state index contributed by atoms with van der Waals surface area (Å²) in [4.78, 5) is 16.0. The van der Waals surface area contributed by atoms with Gasteiger partial charge in [-0.2, -0.15) is 0 Å². The Hall–Kier alpha value is -1.42. The molecule has 1 aromatic carbocycles. The van der Waals surface area contributed by atoms with Crippen molar-refractivity contribution in [1.82, 2.24) is 9.80 Å². The van der Waals surface area contributed by atoms with Crippen LogP contribution >= 0.6 is 0 Å². The van der Waals surface area contributed by atoms with E-state index >= 15 is 0 Å². The third-order valence-electron chi connectivity index (χ3n) is 3.55. The lowest BCUT2D eigenvalue weighted by atomic mass is 10.1. The number of hydrogen-bond donors (Lipinski definition) is 0. The lowest BCUT2D eigenvalue weighted by molar-refractivity contribution is -0.129. The average Bonchev–Trinajstić information content (AvgIpc) is 2.81. The second-order valence-corrected chi connectivity index (χ2v) is 5.01. The molecular weight excluding hydrogens is 231 g/mol. The van der Waals surface area contributed by atoms with Crippen molar-refractivity contribution in [3.05, 3.63) is 35.6 Å². The van der Waals surface area contributed by atoms with Gasteiger partial charge >= 0.3 is 0 Å². The summed E-state index contributed by atoms with van der Waals surface area (Å²) < 4.78 is 13.5. The highest BCUT2D eigenvalue weighted by atomic mass is 19.1. The van der Waals surface area contributed by atoms with Gasteiger partial charge in [0.25, 0.3) is 0 Å². The minimum atomic E-state index is -0.297. The van der Waals surface area contributed by atoms with E-state index in [1.165, 1.54) is 6.07 Å². The highest BCUT2D eigenvalue weighted by molar-refractivity contribution is 5.79. The molecule has 1 aromatic rings. The first kappa shape index (κ1) is 13.0. The zero-order valence-corrected chi connectivity index (χ0v) is 10.9. The number of rotatable bonds is 3. The molecule has 0 N–H and O–H groups in total. The largest absolute Gasteiger partial charge is 0.341 e. The minimum Gasteiger partial charge on any atom is -0.341 e. The van der Waals surface area contributed by atoms with Gasteiger partial charge in [-0.25, -0.2) is 4.39 Å². The molecule has 0 bridgehead atoms. The number of amides is 1. The molecule has 98 valence electrons. The zero-order chi connectivity index (χ0) is 13.1. The molecule has 1 saturated heterocycles. The molecule has 1 aliphatic heterocycles. The summed E-state index contributed by atoms with van der Waals surface area (Å²) in [7, 11) is 4.05. The molecule has 1 fully saturated rings. The van der Waals surface area contributed by atoms with E-state index < -0.39 is 0 Å². The summed E-state index contributed by atoms with van der Waals surface area (Å²) in [6.45, 7) is 1.52. The van der Waals surface area contributed by atoms with Crippen LogP contribution in [0.1, 0.15) is 12.0 Å². The molecule has 18 heavy (non-hydrogen) atoms. The Balaban J connectivity index is 1.96. The quantitative estimate of drug-likeness (QED) is 0.812. The molecule has 0 aromatic heterocycles. The van der Waals surface area contributed by atoms with Crippen LogP contribution in [0.25, 0.3) is 0 Å². The fourth-order valence-corrected chi connectivity index (χ4v) is 2.31. The molecule has 3 nitrogen and oxygen atoms in total. The van der Waals surface area contributed by atoms with Crippen molar-refractivity contribution in [3.63, 3.8) is 0 Å². The molecule has 1 atom stereocenters. The van der Waals surface area contributed by atoms with Gasteiger partial charge in [0.2, 0.25) is 5.91 Å². The molecule has 1 aliphatic rings. The second-order valence-electron chi connectivity index (χ2n) is 5.01. The van der Waals surface area contributed by atoms with Crippen LogP contribution in [-0.4, -0.2) is 48.9 Å². The van der Waals surface area contributed by atoms with Crippen molar-refractivity contribution >= 4 is 5.91 Å². The smallest absolute Gasteiger partial charge is 0.227 e. The van der Waals surface area contributed by atoms with Gasteiger partial charge in [0.1, 0.15) is 5.82 Å². The van der Waals surface area contributed by atoms with E-state index in [9.17, 15) is 9.18 Å². The van der Waals surface area contributed by atoms with Crippen LogP contribution in [0.3, 0.4) is 0 Å². The van der Waals surface area contributed by atoms with Crippen LogP contribution in [0.2, 0.25) is 0 Å². The van der Waals surface area contributed by atoms with Crippen molar-refractivity contribution < 1.29 is 9.18 Å². The predicted octanol–water partition coefficient (Wildman–Crippen LogP) is 1.53. The van der Waals surface area contributed by atoms with Crippen molar-refractivity contribution in [2.75, 3.05) is 27.2 Å². The summed E-state index contributed by atoms with van der Waals surface area (Å²) in [5.74, 6) is -0.279. The van der Waals surface area contributed by atoms with E-state index in [1.807, 2.05) is 19.0 Å². The van der Waals surface area contributed by atoms with Crippen LogP contribution in [0, 0.1) is 5.82 Å². The fourth-order valence-electron chi connectivity index (χ4n) is 2.31. The highest BCUT2D eigenvalue weighted by Crippen LogP contribution is 2.15. The molecule has 1 unspecified atom stereocenters. The first-order valence-electron chi connectivity index (χ1n) is 6.25. The van der Waals surface area contributed by atoms with Gasteiger partial charge < -0.3 is 9.80 Å². The minimum absolute atomic E-state index is 0.0180. The highest BCUT2D eigenvalue weighted by Gasteiger charge is 2.27. The van der Waals surface area contributed by atoms with E-state index in [0.717, 1.165) is 19.5 Å². The Morgan fingerprint density at radius 1 is 1.44 bits per heavy atom. The monoisotopic (exact) mass is 250 g/mol. The maximum absolute atomic E-state index is 13.5. The van der Waals surface area contributed by atoms with Crippen molar-refractivity contribution in [2.24, 2.45) is 0 Å². The summed E-state index contributed by atoms with van der Waals surface area (Å²) >= 11 is 0. The Labute approximate surface area is 107 Å². The van der Waals surface area contributed by atoms with Gasteiger partial charge in [0.05, 0.1) is 6.42 Å². The van der Waals surface area contributed by atoms with Crippen molar-refractivity contribution in [1.29, 1.82) is 0 Å². The van der Waals surface area contributed by atoms with Crippen LogP contribution in [-0.2, 0) is 11.2 Å². The molecular formula is C14H19FN2O. The summed E-state index contributed by atoms with van der Waals surface area (Å²) in [6.07, 6.45) is 1.16. The van der Waals surface area contributed by atoms with Crippen molar-refractivity contribution in [3.8, 4) is 0 Å². The van der Waals surface area contributed by atoms with Gasteiger partial charge in [-0.3, -0.25) is 4.79 Å². The number of benzene rings is 1. The Kier molecular flexibility index (Phi) is 3.97. The number of likely N-dealkylation sites (tertiary alicyclic amines) is 1. The van der Waals surface area contributed by atoms with E-state index in [4.69, 9.17) is 0 Å². The molecule has 0 aliphatic carbocycles. The van der Waals surface area contributed by atoms with E-state index in [-0.39, 0.29) is 18.1 Å². The molecule has 2 rings (SSSR count). The third-order valence-corrected chi connectivity index (χ3v) is 3.55. The predicted molar refractivity (Wildman–Crippen MR) is 68.8 cm³/mol. The number of hydrogen-bond acceptors (Lipinski definition) is 2. The number of likely N-dealkylation sites (N-methyl/N-ethyl adjacent to an activating group) is 1. The van der Waals surface area contributed by atoms with Crippen LogP contribution in [0.15, 0.2) is 24.3 Å². The summed E-state index contributed by atoms with van der Waals surface area (Å²) in [5, 5.41) is 0. The van der Waals surface area contributed by atoms with Gasteiger partial charge in [0.15, 0.2) is 0 Å². The third kappa shape index (κ3) is 2.88. The van der Waals surface area contributed by atoms with Crippen LogP contribution in [0.5, 0.6) is 0 Å². The topological polar surface area (TPSA) is 23.6 Å². The SMILES string of the molecule is CN(C)C1CCN(C(=O)Cc2ccccc2F)C1. The lowest BCUT2D eigenvalue weighted by Gasteiger charge is -2.20. The first-order valence-corrected chi connectivity index (χ1v) is 6.25. The van der Waals surface area contributed by atoms with Gasteiger partial charge in [0, 0.05) is 19.1 Å². The molecule has 4 heteroatoms. The van der Waals surface area contributed by atoms with Gasteiger partial charge in [-0.05, 0) is 32.1 Å². The van der Waals surface area contributed by atoms with Crippen molar-refractivity contribution in [2.45, 2.75) is 18.9 Å². The van der Waals surface area contributed by atoms with E-state index in [1.54, 1.807) is 18.2 Å². The van der Waals surface area contributed by atoms with E-state index in [0.29, 0.717) is 11.6 Å². The number of carbonyl (C=O) groups excluding carboxylic acids is 1. The number of carbonyl (C=O) groups is 1. The first-order chi connectivity index (χ1) is 8.58. The summed E-state index contributed by atoms with van der Waals surface area (Å²) in [6, 6.07) is 6.90. The van der Waals surface area contributed by atoms with Crippen LogP contribution < -0.4 is 0 Å². The second kappa shape index (κ2) is 5.48. The van der Waals surface area contributed by atoms with E-state index in [2.05, 4.69) is 4.90 Å². The maximum atomic E-state index is 13.5. The molecule has 1 heterocycles. The normalized spacial score (nSPS) is 19.6. The average molecular weight is 250 g/mol. The Bertz CT molecular complexity index is 434. The summed E-state index contributed by atoms with van der Waals surface area (Å²) in [5.41, 5.74) is 0.482. The van der Waals surface area contributed by atoms with Crippen LogP contribution in [0.4, 0.5) is 4.39 Å².